The Morgan fingerprint density at radius 3 is 2.41 bits per heavy atom. The van der Waals surface area contributed by atoms with Gasteiger partial charge in [0.2, 0.25) is 0 Å². The molecule has 27 heavy (non-hydrogen) atoms. The fourth-order valence-corrected chi connectivity index (χ4v) is 3.34. The summed E-state index contributed by atoms with van der Waals surface area (Å²) in [5, 5.41) is 4.12. The van der Waals surface area contributed by atoms with E-state index in [1.807, 2.05) is 37.3 Å². The molecule has 1 aliphatic heterocycles. The minimum Gasteiger partial charge on any atom is -0.494 e. The second kappa shape index (κ2) is 10.1. The van der Waals surface area contributed by atoms with Gasteiger partial charge in [-0.2, -0.15) is 0 Å². The molecule has 0 aromatic heterocycles. The molecule has 4 nitrogen and oxygen atoms in total. The minimum atomic E-state index is 0.677. The van der Waals surface area contributed by atoms with Gasteiger partial charge in [0.25, 0.3) is 0 Å². The molecule has 2 aromatic rings. The molecule has 5 heteroatoms. The number of nitrogens with zero attached hydrogens (tertiary/aromatic N) is 2. The summed E-state index contributed by atoms with van der Waals surface area (Å²) in [6.45, 7) is 7.56. The minimum absolute atomic E-state index is 0.677. The molecular weight excluding hydrogens is 354 g/mol. The van der Waals surface area contributed by atoms with Crippen molar-refractivity contribution in [1.82, 2.24) is 9.80 Å². The molecule has 142 valence electrons. The van der Waals surface area contributed by atoms with Crippen molar-refractivity contribution in [2.45, 2.75) is 6.92 Å². The second-order valence-corrected chi connectivity index (χ2v) is 6.87. The first kappa shape index (κ1) is 19.4. The first-order chi connectivity index (χ1) is 13.2. The van der Waals surface area contributed by atoms with Gasteiger partial charge in [0, 0.05) is 38.4 Å². The molecule has 2 aromatic carbocycles. The van der Waals surface area contributed by atoms with Gasteiger partial charge in [-0.25, -0.2) is 0 Å². The van der Waals surface area contributed by atoms with E-state index in [4.69, 9.17) is 17.0 Å². The van der Waals surface area contributed by atoms with Crippen molar-refractivity contribution >= 4 is 29.1 Å². The van der Waals surface area contributed by atoms with Crippen molar-refractivity contribution in [1.29, 1.82) is 0 Å². The highest BCUT2D eigenvalue weighted by atomic mass is 32.1. The van der Waals surface area contributed by atoms with Crippen LogP contribution in [0.1, 0.15) is 12.5 Å². The number of ether oxygens (including phenoxy) is 1. The Labute approximate surface area is 167 Å². The van der Waals surface area contributed by atoms with Crippen LogP contribution in [0.5, 0.6) is 5.75 Å². The van der Waals surface area contributed by atoms with E-state index in [0.717, 1.165) is 49.3 Å². The standard InChI is InChI=1S/C22H27N3OS/c1-2-26-21-12-10-20(11-13-21)23-22(27)25-17-15-24(16-18-25)14-6-9-19-7-4-3-5-8-19/h3-13H,2,14-18H2,1H3,(H,23,27). The van der Waals surface area contributed by atoms with E-state index in [1.54, 1.807) is 0 Å². The Balaban J connectivity index is 1.41. The van der Waals surface area contributed by atoms with Gasteiger partial charge in [0.15, 0.2) is 5.11 Å². The van der Waals surface area contributed by atoms with Crippen molar-refractivity contribution in [2.75, 3.05) is 44.6 Å². The Bertz CT molecular complexity index is 738. The van der Waals surface area contributed by atoms with E-state index < -0.39 is 0 Å². The topological polar surface area (TPSA) is 27.7 Å². The highest BCUT2D eigenvalue weighted by molar-refractivity contribution is 7.80. The van der Waals surface area contributed by atoms with Crippen LogP contribution in [-0.4, -0.2) is 54.2 Å². The highest BCUT2D eigenvalue weighted by Crippen LogP contribution is 2.16. The molecule has 1 heterocycles. The normalized spacial score (nSPS) is 15.1. The Kier molecular flexibility index (Phi) is 7.25. The summed E-state index contributed by atoms with van der Waals surface area (Å²) in [5.74, 6) is 0.881. The van der Waals surface area contributed by atoms with Crippen LogP contribution in [0, 0.1) is 0 Å². The maximum Gasteiger partial charge on any atom is 0.173 e. The van der Waals surface area contributed by atoms with Gasteiger partial charge in [-0.05, 0) is 49.0 Å². The van der Waals surface area contributed by atoms with Gasteiger partial charge in [-0.1, -0.05) is 42.5 Å². The largest absolute Gasteiger partial charge is 0.494 e. The molecule has 3 rings (SSSR count). The third kappa shape index (κ3) is 6.08. The van der Waals surface area contributed by atoms with E-state index in [0.29, 0.717) is 6.61 Å². The first-order valence-corrected chi connectivity index (χ1v) is 9.88. The van der Waals surface area contributed by atoms with E-state index in [2.05, 4.69) is 51.5 Å². The molecule has 1 saturated heterocycles. The molecule has 0 bridgehead atoms. The van der Waals surface area contributed by atoms with E-state index in [1.165, 1.54) is 5.56 Å². The van der Waals surface area contributed by atoms with E-state index >= 15 is 0 Å². The molecule has 0 radical (unpaired) electrons. The monoisotopic (exact) mass is 381 g/mol. The van der Waals surface area contributed by atoms with Crippen LogP contribution in [0.4, 0.5) is 5.69 Å². The molecule has 1 fully saturated rings. The average Bonchev–Trinajstić information content (AvgIpc) is 2.71. The average molecular weight is 382 g/mol. The predicted molar refractivity (Wildman–Crippen MR) is 117 cm³/mol. The summed E-state index contributed by atoms with van der Waals surface area (Å²) in [7, 11) is 0. The number of thiocarbonyl (C=S) groups is 1. The van der Waals surface area contributed by atoms with E-state index in [-0.39, 0.29) is 0 Å². The smallest absolute Gasteiger partial charge is 0.173 e. The van der Waals surface area contributed by atoms with E-state index in [9.17, 15) is 0 Å². The zero-order chi connectivity index (χ0) is 18.9. The highest BCUT2D eigenvalue weighted by Gasteiger charge is 2.18. The lowest BCUT2D eigenvalue weighted by Gasteiger charge is -2.35. The quantitative estimate of drug-likeness (QED) is 0.760. The van der Waals surface area contributed by atoms with Crippen molar-refractivity contribution < 1.29 is 4.74 Å². The number of rotatable bonds is 6. The number of anilines is 1. The third-order valence-corrected chi connectivity index (χ3v) is 4.91. The van der Waals surface area contributed by atoms with Crippen LogP contribution < -0.4 is 10.1 Å². The van der Waals surface area contributed by atoms with Gasteiger partial charge < -0.3 is 15.0 Å². The van der Waals surface area contributed by atoms with Crippen LogP contribution in [0.3, 0.4) is 0 Å². The van der Waals surface area contributed by atoms with Crippen molar-refractivity contribution in [3.8, 4) is 5.75 Å². The first-order valence-electron chi connectivity index (χ1n) is 9.47. The number of piperazine rings is 1. The molecule has 0 unspecified atom stereocenters. The fourth-order valence-electron chi connectivity index (χ4n) is 3.04. The zero-order valence-electron chi connectivity index (χ0n) is 15.8. The maximum absolute atomic E-state index is 5.58. The lowest BCUT2D eigenvalue weighted by atomic mass is 10.2. The summed E-state index contributed by atoms with van der Waals surface area (Å²) in [6.07, 6.45) is 4.42. The van der Waals surface area contributed by atoms with Crippen molar-refractivity contribution in [3.05, 3.63) is 66.2 Å². The Morgan fingerprint density at radius 2 is 1.74 bits per heavy atom. The van der Waals surface area contributed by atoms with Crippen LogP contribution in [0.25, 0.3) is 6.08 Å². The van der Waals surface area contributed by atoms with Gasteiger partial charge in [0.05, 0.1) is 6.61 Å². The molecule has 0 atom stereocenters. The van der Waals surface area contributed by atoms with Gasteiger partial charge in [0.1, 0.15) is 5.75 Å². The van der Waals surface area contributed by atoms with Crippen LogP contribution in [0.2, 0.25) is 0 Å². The number of hydrogen-bond acceptors (Lipinski definition) is 3. The van der Waals surface area contributed by atoms with Crippen molar-refractivity contribution in [2.24, 2.45) is 0 Å². The molecule has 0 amide bonds. The Morgan fingerprint density at radius 1 is 1.04 bits per heavy atom. The SMILES string of the molecule is CCOc1ccc(NC(=S)N2CCN(CC=Cc3ccccc3)CC2)cc1. The maximum atomic E-state index is 5.58. The summed E-state index contributed by atoms with van der Waals surface area (Å²) < 4.78 is 5.47. The number of hydrogen-bond donors (Lipinski definition) is 1. The summed E-state index contributed by atoms with van der Waals surface area (Å²) in [4.78, 5) is 4.69. The second-order valence-electron chi connectivity index (χ2n) is 6.49. The van der Waals surface area contributed by atoms with Gasteiger partial charge >= 0.3 is 0 Å². The number of nitrogens with one attached hydrogen (secondary N) is 1. The summed E-state index contributed by atoms with van der Waals surface area (Å²) >= 11 is 5.58. The Hall–Kier alpha value is -2.37. The van der Waals surface area contributed by atoms with Crippen LogP contribution in [-0.2, 0) is 0 Å². The van der Waals surface area contributed by atoms with Gasteiger partial charge in [-0.3, -0.25) is 4.90 Å². The third-order valence-electron chi connectivity index (χ3n) is 4.55. The van der Waals surface area contributed by atoms with Crippen LogP contribution in [0.15, 0.2) is 60.7 Å². The molecular formula is C22H27N3OS. The zero-order valence-corrected chi connectivity index (χ0v) is 16.6. The fraction of sp³-hybridized carbons (Fsp3) is 0.318. The summed E-state index contributed by atoms with van der Waals surface area (Å²) in [5.41, 5.74) is 2.24. The molecule has 1 N–H and O–H groups in total. The number of benzene rings is 2. The molecule has 0 saturated carbocycles. The lowest BCUT2D eigenvalue weighted by molar-refractivity contribution is 0.200. The molecule has 0 aliphatic carbocycles. The lowest BCUT2D eigenvalue weighted by Crippen LogP contribution is -2.49. The molecule has 0 spiro atoms. The molecule has 1 aliphatic rings. The summed E-state index contributed by atoms with van der Waals surface area (Å²) in [6, 6.07) is 18.4. The predicted octanol–water partition coefficient (Wildman–Crippen LogP) is 4.11. The van der Waals surface area contributed by atoms with Gasteiger partial charge in [-0.15, -0.1) is 0 Å². The van der Waals surface area contributed by atoms with Crippen LogP contribution >= 0.6 is 12.2 Å². The van der Waals surface area contributed by atoms with Crippen molar-refractivity contribution in [3.63, 3.8) is 0 Å².